The van der Waals surface area contributed by atoms with E-state index in [-0.39, 0.29) is 33.1 Å². The zero-order valence-corrected chi connectivity index (χ0v) is 21.3. The van der Waals surface area contributed by atoms with Crippen LogP contribution in [-0.2, 0) is 14.8 Å². The van der Waals surface area contributed by atoms with E-state index in [0.29, 0.717) is 29.7 Å². The number of hydrogen-bond acceptors (Lipinski definition) is 6. The molecule has 1 amide bonds. The summed E-state index contributed by atoms with van der Waals surface area (Å²) in [6.45, 7) is 4.74. The molecule has 11 heteroatoms. The highest BCUT2D eigenvalue weighted by molar-refractivity contribution is 7.90. The summed E-state index contributed by atoms with van der Waals surface area (Å²) in [5.41, 5.74) is 2.16. The number of nitriles is 1. The second kappa shape index (κ2) is 9.08. The Kier molecular flexibility index (Phi) is 6.06. The summed E-state index contributed by atoms with van der Waals surface area (Å²) >= 11 is 6.47. The molecule has 5 rings (SSSR count). The molecular formula is C25H23ClN6O3S. The van der Waals surface area contributed by atoms with Crippen LogP contribution in [0.1, 0.15) is 36.9 Å². The maximum absolute atomic E-state index is 13.8. The van der Waals surface area contributed by atoms with Crippen molar-refractivity contribution in [2.75, 3.05) is 13.1 Å². The third-order valence-electron chi connectivity index (χ3n) is 6.58. The van der Waals surface area contributed by atoms with Crippen molar-refractivity contribution in [1.82, 2.24) is 23.6 Å². The van der Waals surface area contributed by atoms with Crippen LogP contribution in [0, 0.1) is 18.3 Å². The van der Waals surface area contributed by atoms with Gasteiger partial charge in [-0.2, -0.15) is 10.4 Å². The van der Waals surface area contributed by atoms with Gasteiger partial charge in [-0.15, -0.1) is 0 Å². The molecule has 36 heavy (non-hydrogen) atoms. The molecule has 1 aliphatic heterocycles. The van der Waals surface area contributed by atoms with Gasteiger partial charge in [0.05, 0.1) is 33.4 Å². The van der Waals surface area contributed by atoms with Crippen molar-refractivity contribution in [3.8, 4) is 17.3 Å². The maximum atomic E-state index is 13.8. The maximum Gasteiger partial charge on any atom is 0.269 e. The summed E-state index contributed by atoms with van der Waals surface area (Å²) in [4.78, 5) is 17.9. The van der Waals surface area contributed by atoms with Crippen molar-refractivity contribution in [3.05, 3.63) is 65.1 Å². The summed E-state index contributed by atoms with van der Waals surface area (Å²) in [5.74, 6) is 0.0570. The Balaban J connectivity index is 1.64. The van der Waals surface area contributed by atoms with E-state index in [1.54, 1.807) is 43.5 Å². The van der Waals surface area contributed by atoms with Gasteiger partial charge in [-0.3, -0.25) is 9.48 Å². The predicted molar refractivity (Wildman–Crippen MR) is 135 cm³/mol. The smallest absolute Gasteiger partial charge is 0.269 e. The molecule has 9 nitrogen and oxygen atoms in total. The second-order valence-corrected chi connectivity index (χ2v) is 11.1. The Morgan fingerprint density at radius 1 is 1.17 bits per heavy atom. The van der Waals surface area contributed by atoms with Gasteiger partial charge in [0.25, 0.3) is 10.0 Å². The van der Waals surface area contributed by atoms with Crippen LogP contribution >= 0.6 is 11.6 Å². The molecule has 1 saturated heterocycles. The molecule has 0 unspecified atom stereocenters. The average molecular weight is 523 g/mol. The normalized spacial score (nSPS) is 14.8. The van der Waals surface area contributed by atoms with E-state index in [1.807, 2.05) is 28.8 Å². The van der Waals surface area contributed by atoms with Gasteiger partial charge < -0.3 is 4.90 Å². The zero-order valence-electron chi connectivity index (χ0n) is 19.7. The van der Waals surface area contributed by atoms with Gasteiger partial charge >= 0.3 is 0 Å². The van der Waals surface area contributed by atoms with Crippen molar-refractivity contribution in [2.24, 2.45) is 0 Å². The number of amides is 1. The topological polar surface area (TPSA) is 114 Å². The van der Waals surface area contributed by atoms with Gasteiger partial charge in [0, 0.05) is 43.4 Å². The Morgan fingerprint density at radius 3 is 2.50 bits per heavy atom. The minimum Gasteiger partial charge on any atom is -0.343 e. The average Bonchev–Trinajstić information content (AvgIpc) is 3.50. The Bertz CT molecular complexity index is 1620. The lowest BCUT2D eigenvalue weighted by molar-refractivity contribution is -0.130. The fourth-order valence-corrected chi connectivity index (χ4v) is 6.26. The number of carbonyl (C=O) groups is 1. The molecule has 4 heterocycles. The molecule has 0 spiro atoms. The number of nitrogens with zero attached hydrogens (tertiary/aromatic N) is 6. The molecule has 1 fully saturated rings. The number of aryl methyl sites for hydroxylation is 1. The van der Waals surface area contributed by atoms with Crippen LogP contribution in [0.25, 0.3) is 22.3 Å². The molecule has 0 N–H and O–H groups in total. The molecule has 0 aliphatic carbocycles. The lowest BCUT2D eigenvalue weighted by Gasteiger charge is -2.31. The first-order valence-electron chi connectivity index (χ1n) is 11.4. The Labute approximate surface area is 213 Å². The SMILES string of the molecule is CC(=O)N1CCC(n2cc(-c3cc4c(Cl)c(C#N)cnc4n3S(=O)(=O)c3ccc(C)cc3)cn2)CC1. The van der Waals surface area contributed by atoms with Gasteiger partial charge in [0.2, 0.25) is 5.91 Å². The summed E-state index contributed by atoms with van der Waals surface area (Å²) in [5, 5.41) is 14.4. The van der Waals surface area contributed by atoms with E-state index < -0.39 is 10.0 Å². The Morgan fingerprint density at radius 2 is 1.86 bits per heavy atom. The van der Waals surface area contributed by atoms with E-state index in [4.69, 9.17) is 11.6 Å². The van der Waals surface area contributed by atoms with E-state index in [1.165, 1.54) is 10.2 Å². The lowest BCUT2D eigenvalue weighted by atomic mass is 10.1. The number of pyridine rings is 1. The van der Waals surface area contributed by atoms with Crippen molar-refractivity contribution in [2.45, 2.75) is 37.6 Å². The van der Waals surface area contributed by atoms with Gasteiger partial charge in [-0.05, 0) is 38.0 Å². The number of hydrogen-bond donors (Lipinski definition) is 0. The van der Waals surface area contributed by atoms with Gasteiger partial charge in [0.1, 0.15) is 6.07 Å². The number of aromatic nitrogens is 4. The molecular weight excluding hydrogens is 500 g/mol. The molecule has 0 bridgehead atoms. The predicted octanol–water partition coefficient (Wildman–Crippen LogP) is 4.15. The quantitative estimate of drug-likeness (QED) is 0.397. The fraction of sp³-hybridized carbons (Fsp3) is 0.280. The fourth-order valence-electron chi connectivity index (χ4n) is 4.55. The van der Waals surface area contributed by atoms with Crippen LogP contribution in [0.15, 0.2) is 53.8 Å². The van der Waals surface area contributed by atoms with Gasteiger partial charge in [-0.1, -0.05) is 29.3 Å². The first-order chi connectivity index (χ1) is 17.2. The third-order valence-corrected chi connectivity index (χ3v) is 8.71. The first-order valence-corrected chi connectivity index (χ1v) is 13.2. The van der Waals surface area contributed by atoms with Crippen LogP contribution in [0.3, 0.4) is 0 Å². The first kappa shape index (κ1) is 24.0. The van der Waals surface area contributed by atoms with E-state index in [2.05, 4.69) is 10.1 Å². The lowest BCUT2D eigenvalue weighted by Crippen LogP contribution is -2.37. The van der Waals surface area contributed by atoms with E-state index in [0.717, 1.165) is 18.4 Å². The third kappa shape index (κ3) is 4.04. The van der Waals surface area contributed by atoms with Gasteiger partial charge in [0.15, 0.2) is 5.65 Å². The number of rotatable bonds is 4. The number of carbonyl (C=O) groups excluding carboxylic acids is 1. The monoisotopic (exact) mass is 522 g/mol. The number of benzene rings is 1. The number of likely N-dealkylation sites (tertiary alicyclic amines) is 1. The molecule has 0 saturated carbocycles. The van der Waals surface area contributed by atoms with Crippen molar-refractivity contribution >= 4 is 38.6 Å². The molecule has 0 radical (unpaired) electrons. The number of piperidine rings is 1. The summed E-state index contributed by atoms with van der Waals surface area (Å²) in [6.07, 6.45) is 6.21. The van der Waals surface area contributed by atoms with Gasteiger partial charge in [-0.25, -0.2) is 17.4 Å². The summed E-state index contributed by atoms with van der Waals surface area (Å²) < 4.78 is 30.7. The summed E-state index contributed by atoms with van der Waals surface area (Å²) in [7, 11) is -4.06. The van der Waals surface area contributed by atoms with E-state index >= 15 is 0 Å². The van der Waals surface area contributed by atoms with Crippen LogP contribution < -0.4 is 0 Å². The van der Waals surface area contributed by atoms with Crippen molar-refractivity contribution in [3.63, 3.8) is 0 Å². The highest BCUT2D eigenvalue weighted by atomic mass is 35.5. The second-order valence-electron chi connectivity index (χ2n) is 8.89. The molecule has 1 aliphatic rings. The molecule has 184 valence electrons. The minimum absolute atomic E-state index is 0.0570. The molecule has 3 aromatic heterocycles. The van der Waals surface area contributed by atoms with Crippen LogP contribution in [0.5, 0.6) is 0 Å². The zero-order chi connectivity index (χ0) is 25.6. The van der Waals surface area contributed by atoms with Crippen LogP contribution in [0.2, 0.25) is 5.02 Å². The molecule has 4 aromatic rings. The van der Waals surface area contributed by atoms with Crippen molar-refractivity contribution in [1.29, 1.82) is 5.26 Å². The Hall–Kier alpha value is -3.68. The summed E-state index contributed by atoms with van der Waals surface area (Å²) in [6, 6.07) is 10.3. The molecule has 1 aromatic carbocycles. The van der Waals surface area contributed by atoms with E-state index in [9.17, 15) is 18.5 Å². The number of fused-ring (bicyclic) bond motifs is 1. The van der Waals surface area contributed by atoms with Crippen LogP contribution in [-0.4, -0.2) is 51.1 Å². The van der Waals surface area contributed by atoms with Crippen molar-refractivity contribution < 1.29 is 13.2 Å². The standard InChI is InChI=1S/C25H23ClN6O3S/c1-16-3-5-21(6-4-16)36(34,35)32-23(11-22-24(26)18(12-27)13-28-25(22)32)19-14-29-31(15-19)20-7-9-30(10-8-20)17(2)33/h3-6,11,13-15,20H,7-10H2,1-2H3. The largest absolute Gasteiger partial charge is 0.343 e. The highest BCUT2D eigenvalue weighted by Gasteiger charge is 2.28. The molecule has 0 atom stereocenters. The minimum atomic E-state index is -4.06. The number of halogens is 1. The van der Waals surface area contributed by atoms with Crippen LogP contribution in [0.4, 0.5) is 0 Å². The highest BCUT2D eigenvalue weighted by Crippen LogP contribution is 2.36.